The van der Waals surface area contributed by atoms with E-state index in [9.17, 15) is 27.6 Å². The number of nitrogens with zero attached hydrogens (tertiary/aromatic N) is 3. The molecule has 0 aliphatic heterocycles. The van der Waals surface area contributed by atoms with Crippen LogP contribution in [0.3, 0.4) is 0 Å². The van der Waals surface area contributed by atoms with E-state index in [2.05, 4.69) is 4.98 Å². The third-order valence-corrected chi connectivity index (χ3v) is 4.03. The maximum atomic E-state index is 13.0. The highest BCUT2D eigenvalue weighted by Gasteiger charge is 2.36. The van der Waals surface area contributed by atoms with E-state index in [0.29, 0.717) is 12.8 Å². The number of rotatable bonds is 7. The molecule has 2 aromatic rings. The molecule has 0 bridgehead atoms. The summed E-state index contributed by atoms with van der Waals surface area (Å²) in [5.74, 6) is -2.46. The first-order chi connectivity index (χ1) is 12.1. The van der Waals surface area contributed by atoms with Gasteiger partial charge in [-0.3, -0.25) is 18.7 Å². The Hall–Kier alpha value is -2.59. The Balaban J connectivity index is 2.71. The van der Waals surface area contributed by atoms with Crippen molar-refractivity contribution in [2.75, 3.05) is 0 Å². The standard InChI is InChI=1S/C15H19F3N4O4/c1-3-4-7-21-11-10(19-13(20-11)15(16,17)18)12(25)22(14(21)26)8(2)5-6-9(23)24/h8H,3-7H2,1-2H3,(H,19,20)(H,23,24). The van der Waals surface area contributed by atoms with E-state index in [1.807, 2.05) is 11.9 Å². The van der Waals surface area contributed by atoms with Gasteiger partial charge in [-0.25, -0.2) is 9.78 Å². The molecule has 0 saturated carbocycles. The number of hydrogen-bond acceptors (Lipinski definition) is 4. The Bertz CT molecular complexity index is 926. The number of aryl methyl sites for hydroxylation is 1. The molecule has 0 amide bonds. The van der Waals surface area contributed by atoms with Gasteiger partial charge in [0, 0.05) is 19.0 Å². The zero-order valence-electron chi connectivity index (χ0n) is 14.3. The molecule has 0 aliphatic carbocycles. The van der Waals surface area contributed by atoms with Crippen LogP contribution in [0.15, 0.2) is 9.59 Å². The first kappa shape index (κ1) is 19.7. The lowest BCUT2D eigenvalue weighted by Gasteiger charge is -2.16. The van der Waals surface area contributed by atoms with Gasteiger partial charge in [-0.2, -0.15) is 13.2 Å². The fourth-order valence-electron chi connectivity index (χ4n) is 2.64. The molecule has 0 saturated heterocycles. The molecule has 2 heterocycles. The molecule has 1 unspecified atom stereocenters. The number of aliphatic carboxylic acids is 1. The molecule has 11 heteroatoms. The van der Waals surface area contributed by atoms with Crippen LogP contribution in [0.5, 0.6) is 0 Å². The molecule has 0 aromatic carbocycles. The topological polar surface area (TPSA) is 110 Å². The summed E-state index contributed by atoms with van der Waals surface area (Å²) in [4.78, 5) is 41.4. The predicted octanol–water partition coefficient (Wildman–Crippen LogP) is 2.13. The van der Waals surface area contributed by atoms with Crippen molar-refractivity contribution in [2.24, 2.45) is 0 Å². The Morgan fingerprint density at radius 3 is 2.54 bits per heavy atom. The fourth-order valence-corrected chi connectivity index (χ4v) is 2.64. The van der Waals surface area contributed by atoms with Gasteiger partial charge in [0.15, 0.2) is 5.65 Å². The molecule has 2 rings (SSSR count). The van der Waals surface area contributed by atoms with Crippen LogP contribution in [0.1, 0.15) is 51.4 Å². The third kappa shape index (κ3) is 3.81. The SMILES string of the molecule is CCCCn1c(=O)n(C(C)CCC(=O)O)c(=O)c2[nH]c(C(F)(F)F)nc21. The van der Waals surface area contributed by atoms with Crippen LogP contribution < -0.4 is 11.2 Å². The number of aromatic amines is 1. The monoisotopic (exact) mass is 376 g/mol. The highest BCUT2D eigenvalue weighted by molar-refractivity contribution is 5.70. The predicted molar refractivity (Wildman–Crippen MR) is 86.1 cm³/mol. The number of alkyl halides is 3. The summed E-state index contributed by atoms with van der Waals surface area (Å²) < 4.78 is 40.7. The number of carboxylic acid groups (broad SMARTS) is 1. The maximum absolute atomic E-state index is 13.0. The number of aromatic nitrogens is 4. The van der Waals surface area contributed by atoms with Crippen LogP contribution in [0, 0.1) is 0 Å². The molecule has 2 aromatic heterocycles. The van der Waals surface area contributed by atoms with E-state index in [4.69, 9.17) is 5.11 Å². The average Bonchev–Trinajstić information content (AvgIpc) is 2.98. The van der Waals surface area contributed by atoms with E-state index in [1.165, 1.54) is 6.92 Å². The van der Waals surface area contributed by atoms with Crippen LogP contribution in [0.25, 0.3) is 11.2 Å². The summed E-state index contributed by atoms with van der Waals surface area (Å²) in [6.07, 6.45) is -3.90. The number of halogens is 3. The Morgan fingerprint density at radius 2 is 2.00 bits per heavy atom. The summed E-state index contributed by atoms with van der Waals surface area (Å²) in [5, 5.41) is 8.77. The van der Waals surface area contributed by atoms with E-state index in [0.717, 1.165) is 9.13 Å². The van der Waals surface area contributed by atoms with Crippen LogP contribution >= 0.6 is 0 Å². The van der Waals surface area contributed by atoms with E-state index >= 15 is 0 Å². The van der Waals surface area contributed by atoms with Gasteiger partial charge in [0.25, 0.3) is 5.56 Å². The quantitative estimate of drug-likeness (QED) is 0.769. The molecule has 0 aliphatic rings. The van der Waals surface area contributed by atoms with E-state index in [-0.39, 0.29) is 25.0 Å². The van der Waals surface area contributed by atoms with Crippen LogP contribution in [0.2, 0.25) is 0 Å². The van der Waals surface area contributed by atoms with Gasteiger partial charge in [-0.05, 0) is 19.8 Å². The molecular formula is C15H19F3N4O4. The highest BCUT2D eigenvalue weighted by atomic mass is 19.4. The summed E-state index contributed by atoms with van der Waals surface area (Å²) in [6, 6.07) is -0.791. The van der Waals surface area contributed by atoms with Crippen LogP contribution in [-0.4, -0.2) is 30.2 Å². The van der Waals surface area contributed by atoms with Gasteiger partial charge in [0.1, 0.15) is 5.52 Å². The molecular weight excluding hydrogens is 357 g/mol. The summed E-state index contributed by atoms with van der Waals surface area (Å²) >= 11 is 0. The smallest absolute Gasteiger partial charge is 0.449 e. The zero-order valence-corrected chi connectivity index (χ0v) is 14.3. The van der Waals surface area contributed by atoms with Crippen molar-refractivity contribution in [3.8, 4) is 0 Å². The largest absolute Gasteiger partial charge is 0.481 e. The fraction of sp³-hybridized carbons (Fsp3) is 0.600. The number of hydrogen-bond donors (Lipinski definition) is 2. The van der Waals surface area contributed by atoms with Crippen molar-refractivity contribution >= 4 is 17.1 Å². The second kappa shape index (κ2) is 7.34. The normalized spacial score (nSPS) is 13.3. The van der Waals surface area contributed by atoms with Crippen molar-refractivity contribution in [2.45, 2.75) is 58.3 Å². The number of H-pyrrole nitrogens is 1. The van der Waals surface area contributed by atoms with Gasteiger partial charge >= 0.3 is 17.8 Å². The van der Waals surface area contributed by atoms with E-state index in [1.54, 1.807) is 0 Å². The molecule has 1 atom stereocenters. The minimum Gasteiger partial charge on any atom is -0.481 e. The van der Waals surface area contributed by atoms with Gasteiger partial charge < -0.3 is 10.1 Å². The van der Waals surface area contributed by atoms with Crippen molar-refractivity contribution in [3.63, 3.8) is 0 Å². The molecule has 0 spiro atoms. The highest BCUT2D eigenvalue weighted by Crippen LogP contribution is 2.27. The Kier molecular flexibility index (Phi) is 5.57. The number of imidazole rings is 1. The van der Waals surface area contributed by atoms with Crippen molar-refractivity contribution in [3.05, 3.63) is 26.7 Å². The van der Waals surface area contributed by atoms with Gasteiger partial charge in [-0.15, -0.1) is 0 Å². The van der Waals surface area contributed by atoms with Gasteiger partial charge in [0.05, 0.1) is 0 Å². The summed E-state index contributed by atoms with van der Waals surface area (Å²) in [7, 11) is 0. The molecule has 8 nitrogen and oxygen atoms in total. The Morgan fingerprint density at radius 1 is 1.35 bits per heavy atom. The minimum atomic E-state index is -4.79. The second-order valence-corrected chi connectivity index (χ2v) is 6.03. The van der Waals surface area contributed by atoms with Gasteiger partial charge in [-0.1, -0.05) is 13.3 Å². The Labute approximate surface area is 145 Å². The van der Waals surface area contributed by atoms with Crippen molar-refractivity contribution < 1.29 is 23.1 Å². The number of unbranched alkanes of at least 4 members (excludes halogenated alkanes) is 1. The number of fused-ring (bicyclic) bond motifs is 1. The van der Waals surface area contributed by atoms with Crippen molar-refractivity contribution in [1.82, 2.24) is 19.1 Å². The molecule has 144 valence electrons. The second-order valence-electron chi connectivity index (χ2n) is 6.03. The first-order valence-corrected chi connectivity index (χ1v) is 8.12. The lowest BCUT2D eigenvalue weighted by atomic mass is 10.2. The molecule has 0 radical (unpaired) electrons. The zero-order chi connectivity index (χ0) is 19.6. The lowest BCUT2D eigenvalue weighted by Crippen LogP contribution is -2.42. The molecule has 0 fully saturated rings. The van der Waals surface area contributed by atoms with Gasteiger partial charge in [0.2, 0.25) is 5.82 Å². The van der Waals surface area contributed by atoms with Crippen LogP contribution in [-0.2, 0) is 17.5 Å². The third-order valence-electron chi connectivity index (χ3n) is 4.03. The number of carboxylic acids is 1. The maximum Gasteiger partial charge on any atom is 0.449 e. The lowest BCUT2D eigenvalue weighted by molar-refractivity contribution is -0.144. The molecule has 2 N–H and O–H groups in total. The number of carbonyl (C=O) groups is 1. The summed E-state index contributed by atoms with van der Waals surface area (Å²) in [5.41, 5.74) is -2.51. The average molecular weight is 376 g/mol. The van der Waals surface area contributed by atoms with E-state index < -0.39 is 40.8 Å². The summed E-state index contributed by atoms with van der Waals surface area (Å²) in [6.45, 7) is 3.42. The minimum absolute atomic E-state index is 0.00989. The van der Waals surface area contributed by atoms with Crippen molar-refractivity contribution in [1.29, 1.82) is 0 Å². The number of nitrogens with one attached hydrogen (secondary N) is 1. The molecule has 26 heavy (non-hydrogen) atoms. The first-order valence-electron chi connectivity index (χ1n) is 8.12. The van der Waals surface area contributed by atoms with Crippen LogP contribution in [0.4, 0.5) is 13.2 Å².